The molecule has 0 aliphatic rings. The Hall–Kier alpha value is -2.44. The third-order valence-electron chi connectivity index (χ3n) is 4.22. The van der Waals surface area contributed by atoms with Gasteiger partial charge in [-0.2, -0.15) is 0 Å². The van der Waals surface area contributed by atoms with E-state index in [1.54, 1.807) is 26.0 Å². The Bertz CT molecular complexity index is 982. The molecule has 0 saturated carbocycles. The Morgan fingerprint density at radius 2 is 1.73 bits per heavy atom. The molecule has 0 aliphatic heterocycles. The van der Waals surface area contributed by atoms with E-state index in [4.69, 9.17) is 19.4 Å². The first-order valence-electron chi connectivity index (χ1n) is 9.56. The molecule has 1 aromatic heterocycles. The molecule has 1 N–H and O–H groups in total. The number of aryl methyl sites for hydroxylation is 1. The van der Waals surface area contributed by atoms with Crippen LogP contribution in [0.25, 0.3) is 11.3 Å². The predicted molar refractivity (Wildman–Crippen MR) is 128 cm³/mol. The second kappa shape index (κ2) is 11.1. The average Bonchev–Trinajstić information content (AvgIpc) is 2.72. The summed E-state index contributed by atoms with van der Waals surface area (Å²) < 4.78 is 10.7. The fourth-order valence-corrected chi connectivity index (χ4v) is 3.62. The van der Waals surface area contributed by atoms with Crippen LogP contribution in [0.3, 0.4) is 0 Å². The monoisotopic (exact) mass is 445 g/mol. The lowest BCUT2D eigenvalue weighted by Crippen LogP contribution is -2.01. The van der Waals surface area contributed by atoms with E-state index in [2.05, 4.69) is 50.4 Å². The number of methoxy groups -OCH3 is 2. The number of anilines is 2. The highest BCUT2D eigenvalue weighted by molar-refractivity contribution is 7.99. The average molecular weight is 446 g/mol. The fraction of sp³-hybridized carbons (Fsp3) is 0.304. The van der Waals surface area contributed by atoms with Crippen LogP contribution in [0, 0.1) is 12.8 Å². The lowest BCUT2D eigenvalue weighted by Gasteiger charge is -2.13. The van der Waals surface area contributed by atoms with E-state index in [0.29, 0.717) is 17.4 Å². The summed E-state index contributed by atoms with van der Waals surface area (Å²) >= 11 is 1.67. The van der Waals surface area contributed by atoms with Gasteiger partial charge in [0, 0.05) is 29.1 Å². The van der Waals surface area contributed by atoms with Gasteiger partial charge >= 0.3 is 0 Å². The number of nitrogens with zero attached hydrogens (tertiary/aromatic N) is 2. The Balaban J connectivity index is 0.00000320. The highest BCUT2D eigenvalue weighted by Gasteiger charge is 2.11. The van der Waals surface area contributed by atoms with Crippen LogP contribution >= 0.6 is 24.2 Å². The second-order valence-electron chi connectivity index (χ2n) is 7.19. The van der Waals surface area contributed by atoms with E-state index >= 15 is 0 Å². The van der Waals surface area contributed by atoms with Crippen LogP contribution in [-0.2, 0) is 0 Å². The zero-order valence-electron chi connectivity index (χ0n) is 17.9. The molecular weight excluding hydrogens is 418 g/mol. The minimum Gasteiger partial charge on any atom is -0.493 e. The van der Waals surface area contributed by atoms with E-state index in [1.807, 2.05) is 24.3 Å². The molecule has 0 amide bonds. The molecule has 0 bridgehead atoms. The number of thioether (sulfide) groups is 1. The Morgan fingerprint density at radius 3 is 2.40 bits per heavy atom. The summed E-state index contributed by atoms with van der Waals surface area (Å²) in [6.45, 7) is 6.47. The van der Waals surface area contributed by atoms with Crippen molar-refractivity contribution in [2.24, 2.45) is 5.92 Å². The Labute approximate surface area is 189 Å². The van der Waals surface area contributed by atoms with Crippen molar-refractivity contribution in [2.75, 3.05) is 25.3 Å². The van der Waals surface area contributed by atoms with Gasteiger partial charge in [0.2, 0.25) is 0 Å². The van der Waals surface area contributed by atoms with Crippen LogP contribution in [-0.4, -0.2) is 29.9 Å². The van der Waals surface area contributed by atoms with Crippen molar-refractivity contribution in [3.63, 3.8) is 0 Å². The van der Waals surface area contributed by atoms with Crippen LogP contribution in [0.15, 0.2) is 53.7 Å². The molecule has 0 spiro atoms. The largest absolute Gasteiger partial charge is 0.493 e. The summed E-state index contributed by atoms with van der Waals surface area (Å²) in [6.07, 6.45) is 0. The van der Waals surface area contributed by atoms with Gasteiger partial charge in [0.15, 0.2) is 16.7 Å². The van der Waals surface area contributed by atoms with Crippen molar-refractivity contribution >= 4 is 35.7 Å². The summed E-state index contributed by atoms with van der Waals surface area (Å²) in [4.78, 5) is 9.50. The van der Waals surface area contributed by atoms with E-state index in [9.17, 15) is 0 Å². The van der Waals surface area contributed by atoms with Crippen LogP contribution < -0.4 is 14.8 Å². The summed E-state index contributed by atoms with van der Waals surface area (Å²) in [5.41, 5.74) is 4.05. The topological polar surface area (TPSA) is 56.3 Å². The van der Waals surface area contributed by atoms with E-state index < -0.39 is 0 Å². The molecule has 0 radical (unpaired) electrons. The van der Waals surface area contributed by atoms with Crippen molar-refractivity contribution < 1.29 is 9.47 Å². The predicted octanol–water partition coefficient (Wildman–Crippen LogP) is 6.38. The fourth-order valence-electron chi connectivity index (χ4n) is 2.81. The molecule has 160 valence electrons. The van der Waals surface area contributed by atoms with Gasteiger partial charge < -0.3 is 14.8 Å². The van der Waals surface area contributed by atoms with Gasteiger partial charge in [-0.15, -0.1) is 12.4 Å². The summed E-state index contributed by atoms with van der Waals surface area (Å²) in [5, 5.41) is 4.15. The highest BCUT2D eigenvalue weighted by Crippen LogP contribution is 2.32. The molecule has 7 heteroatoms. The standard InChI is InChI=1S/C23H27N3O2S.ClH/c1-15(2)14-29-23-25-19(17-8-6-7-16(3)11-17)13-22(26-23)24-18-9-10-20(27-4)21(12-18)28-5;/h6-13,15H,14H2,1-5H3,(H,24,25,26);1H. The van der Waals surface area contributed by atoms with Gasteiger partial charge in [-0.1, -0.05) is 49.4 Å². The van der Waals surface area contributed by atoms with Crippen LogP contribution in [0.1, 0.15) is 19.4 Å². The first kappa shape index (κ1) is 23.8. The van der Waals surface area contributed by atoms with Gasteiger partial charge in [-0.05, 0) is 31.0 Å². The number of benzene rings is 2. The zero-order valence-corrected chi connectivity index (χ0v) is 19.6. The molecule has 3 rings (SSSR count). The Kier molecular flexibility index (Phi) is 8.81. The van der Waals surface area contributed by atoms with E-state index in [1.165, 1.54) is 5.56 Å². The molecule has 0 atom stereocenters. The van der Waals surface area contributed by atoms with Crippen molar-refractivity contribution in [2.45, 2.75) is 25.9 Å². The molecule has 0 unspecified atom stereocenters. The quantitative estimate of drug-likeness (QED) is 0.320. The molecular formula is C23H28ClN3O2S. The first-order valence-corrected chi connectivity index (χ1v) is 10.5. The number of hydrogen-bond acceptors (Lipinski definition) is 6. The van der Waals surface area contributed by atoms with Crippen LogP contribution in [0.4, 0.5) is 11.5 Å². The third kappa shape index (κ3) is 6.28. The maximum absolute atomic E-state index is 5.41. The van der Waals surface area contributed by atoms with Crippen molar-refractivity contribution in [1.82, 2.24) is 9.97 Å². The zero-order chi connectivity index (χ0) is 20.8. The van der Waals surface area contributed by atoms with Crippen LogP contribution in [0.5, 0.6) is 11.5 Å². The lowest BCUT2D eigenvalue weighted by molar-refractivity contribution is 0.355. The van der Waals surface area contributed by atoms with Crippen LogP contribution in [0.2, 0.25) is 0 Å². The molecule has 3 aromatic rings. The number of hydrogen-bond donors (Lipinski definition) is 1. The SMILES string of the molecule is COc1ccc(Nc2cc(-c3cccc(C)c3)nc(SCC(C)C)n2)cc1OC.Cl. The van der Waals surface area contributed by atoms with Crippen molar-refractivity contribution in [1.29, 1.82) is 0 Å². The summed E-state index contributed by atoms with van der Waals surface area (Å²) in [6, 6.07) is 16.0. The first-order chi connectivity index (χ1) is 14.0. The summed E-state index contributed by atoms with van der Waals surface area (Å²) in [5.74, 6) is 3.63. The Morgan fingerprint density at radius 1 is 0.967 bits per heavy atom. The number of nitrogens with one attached hydrogen (secondary N) is 1. The van der Waals surface area contributed by atoms with Gasteiger partial charge in [-0.25, -0.2) is 9.97 Å². The smallest absolute Gasteiger partial charge is 0.190 e. The normalized spacial score (nSPS) is 10.5. The van der Waals surface area contributed by atoms with Crippen molar-refractivity contribution in [3.8, 4) is 22.8 Å². The van der Waals surface area contributed by atoms with E-state index in [-0.39, 0.29) is 12.4 Å². The van der Waals surface area contributed by atoms with Gasteiger partial charge in [0.05, 0.1) is 19.9 Å². The highest BCUT2D eigenvalue weighted by atomic mass is 35.5. The molecule has 0 fully saturated rings. The third-order valence-corrected chi connectivity index (χ3v) is 5.50. The van der Waals surface area contributed by atoms with Gasteiger partial charge in [0.1, 0.15) is 5.82 Å². The maximum Gasteiger partial charge on any atom is 0.190 e. The maximum atomic E-state index is 5.41. The molecule has 1 heterocycles. The number of aromatic nitrogens is 2. The van der Waals surface area contributed by atoms with Gasteiger partial charge in [0.25, 0.3) is 0 Å². The molecule has 0 saturated heterocycles. The summed E-state index contributed by atoms with van der Waals surface area (Å²) in [7, 11) is 3.25. The number of halogens is 1. The lowest BCUT2D eigenvalue weighted by atomic mass is 10.1. The van der Waals surface area contributed by atoms with Crippen molar-refractivity contribution in [3.05, 3.63) is 54.1 Å². The number of rotatable bonds is 8. The molecule has 30 heavy (non-hydrogen) atoms. The molecule has 2 aromatic carbocycles. The minimum absolute atomic E-state index is 0. The minimum atomic E-state index is 0. The van der Waals surface area contributed by atoms with Gasteiger partial charge in [-0.3, -0.25) is 0 Å². The molecule has 0 aliphatic carbocycles. The molecule has 5 nitrogen and oxygen atoms in total. The number of ether oxygens (including phenoxy) is 2. The van der Waals surface area contributed by atoms with E-state index in [0.717, 1.165) is 33.7 Å². The second-order valence-corrected chi connectivity index (χ2v) is 8.18.